The first-order valence-corrected chi connectivity index (χ1v) is 6.63. The number of hydrogen-bond acceptors (Lipinski definition) is 5. The Bertz CT molecular complexity index is 1020. The number of para-hydroxylation sites is 1. The summed E-state index contributed by atoms with van der Waals surface area (Å²) in [6.07, 6.45) is 1.69. The van der Waals surface area contributed by atoms with E-state index in [4.69, 9.17) is 4.52 Å². The fraction of sp³-hybridized carbons (Fsp3) is 0.0667. The van der Waals surface area contributed by atoms with Crippen molar-refractivity contribution in [3.63, 3.8) is 0 Å². The van der Waals surface area contributed by atoms with Gasteiger partial charge in [0, 0.05) is 22.8 Å². The predicted octanol–water partition coefficient (Wildman–Crippen LogP) is 2.79. The molecular formula is C15H10N6O. The zero-order chi connectivity index (χ0) is 15.1. The monoisotopic (exact) mass is 290 g/mol. The number of nitriles is 1. The molecule has 7 nitrogen and oxygen atoms in total. The third kappa shape index (κ3) is 1.78. The Balaban J connectivity index is 1.86. The molecule has 0 saturated carbocycles. The largest absolute Gasteiger partial charge is 0.349 e. The number of aromatic amines is 2. The van der Waals surface area contributed by atoms with Crippen LogP contribution in [0, 0.1) is 18.3 Å². The molecule has 0 atom stereocenters. The molecule has 0 radical (unpaired) electrons. The molecule has 0 aliphatic heterocycles. The van der Waals surface area contributed by atoms with Gasteiger partial charge >= 0.3 is 0 Å². The number of nitrogens with one attached hydrogen (secondary N) is 2. The van der Waals surface area contributed by atoms with Crippen LogP contribution in [0.15, 0.2) is 35.0 Å². The maximum Gasteiger partial charge on any atom is 0.276 e. The Morgan fingerprint density at radius 2 is 2.09 bits per heavy atom. The molecule has 3 heterocycles. The van der Waals surface area contributed by atoms with Crippen LogP contribution in [0.1, 0.15) is 11.3 Å². The van der Waals surface area contributed by atoms with Crippen LogP contribution >= 0.6 is 0 Å². The van der Waals surface area contributed by atoms with Crippen molar-refractivity contribution in [3.05, 3.63) is 41.7 Å². The van der Waals surface area contributed by atoms with Gasteiger partial charge in [-0.25, -0.2) is 4.98 Å². The first-order valence-electron chi connectivity index (χ1n) is 6.63. The van der Waals surface area contributed by atoms with Crippen molar-refractivity contribution in [1.82, 2.24) is 25.1 Å². The number of aryl methyl sites for hydroxylation is 1. The average Bonchev–Trinajstić information content (AvgIpc) is 3.23. The molecule has 0 saturated heterocycles. The molecule has 0 aliphatic rings. The van der Waals surface area contributed by atoms with Gasteiger partial charge in [-0.15, -0.1) is 0 Å². The lowest BCUT2D eigenvalue weighted by molar-refractivity contribution is 0.431. The Labute approximate surface area is 124 Å². The summed E-state index contributed by atoms with van der Waals surface area (Å²) in [5, 5.41) is 14.2. The highest BCUT2D eigenvalue weighted by Crippen LogP contribution is 2.29. The van der Waals surface area contributed by atoms with Gasteiger partial charge in [0.1, 0.15) is 11.8 Å². The molecule has 0 fully saturated rings. The third-order valence-electron chi connectivity index (χ3n) is 3.37. The van der Waals surface area contributed by atoms with E-state index in [0.29, 0.717) is 22.9 Å². The summed E-state index contributed by atoms with van der Waals surface area (Å²) < 4.78 is 5.28. The van der Waals surface area contributed by atoms with E-state index < -0.39 is 0 Å². The van der Waals surface area contributed by atoms with Gasteiger partial charge in [-0.2, -0.15) is 10.2 Å². The number of aromatic nitrogens is 5. The smallest absolute Gasteiger partial charge is 0.276 e. The van der Waals surface area contributed by atoms with E-state index in [-0.39, 0.29) is 5.89 Å². The highest BCUT2D eigenvalue weighted by molar-refractivity contribution is 5.92. The minimum Gasteiger partial charge on any atom is -0.349 e. The molecule has 106 valence electrons. The number of fused-ring (bicyclic) bond motifs is 1. The molecular weight excluding hydrogens is 280 g/mol. The summed E-state index contributed by atoms with van der Waals surface area (Å²) in [4.78, 5) is 14.7. The van der Waals surface area contributed by atoms with Gasteiger partial charge in [0.05, 0.1) is 5.56 Å². The van der Waals surface area contributed by atoms with Gasteiger partial charge in [0.15, 0.2) is 5.82 Å². The van der Waals surface area contributed by atoms with E-state index in [1.54, 1.807) is 6.20 Å². The van der Waals surface area contributed by atoms with Crippen LogP contribution in [0.5, 0.6) is 0 Å². The molecule has 1 aromatic carbocycles. The fourth-order valence-corrected chi connectivity index (χ4v) is 2.37. The van der Waals surface area contributed by atoms with E-state index in [1.165, 1.54) is 0 Å². The van der Waals surface area contributed by atoms with Crippen molar-refractivity contribution >= 4 is 10.9 Å². The van der Waals surface area contributed by atoms with Crippen LogP contribution in [-0.2, 0) is 0 Å². The van der Waals surface area contributed by atoms with E-state index in [0.717, 1.165) is 16.6 Å². The number of imidazole rings is 1. The molecule has 4 aromatic rings. The van der Waals surface area contributed by atoms with E-state index >= 15 is 0 Å². The normalized spacial score (nSPS) is 10.9. The minimum atomic E-state index is 0.261. The number of nitrogens with zero attached hydrogens (tertiary/aromatic N) is 4. The van der Waals surface area contributed by atoms with Gasteiger partial charge in [-0.1, -0.05) is 23.4 Å². The highest BCUT2D eigenvalue weighted by Gasteiger charge is 2.19. The standard InChI is InChI=1S/C15H10N6O/c1-8-7-17-13(18-8)14-20-15(22-21-14)12-10(6-16)9-4-2-3-5-11(9)19-12/h2-5,7,19H,1H3,(H,17,18). The van der Waals surface area contributed by atoms with Gasteiger partial charge < -0.3 is 14.5 Å². The van der Waals surface area contributed by atoms with Crippen LogP contribution < -0.4 is 0 Å². The van der Waals surface area contributed by atoms with Crippen molar-refractivity contribution in [2.45, 2.75) is 6.92 Å². The first-order chi connectivity index (χ1) is 10.8. The van der Waals surface area contributed by atoms with Crippen molar-refractivity contribution in [3.8, 4) is 29.3 Å². The molecule has 3 aromatic heterocycles. The third-order valence-corrected chi connectivity index (χ3v) is 3.37. The predicted molar refractivity (Wildman–Crippen MR) is 78.6 cm³/mol. The lowest BCUT2D eigenvalue weighted by Crippen LogP contribution is -1.85. The van der Waals surface area contributed by atoms with Crippen molar-refractivity contribution in [2.24, 2.45) is 0 Å². The zero-order valence-electron chi connectivity index (χ0n) is 11.6. The molecule has 7 heteroatoms. The second-order valence-corrected chi connectivity index (χ2v) is 4.87. The Morgan fingerprint density at radius 1 is 1.23 bits per heavy atom. The van der Waals surface area contributed by atoms with Crippen LogP contribution in [0.3, 0.4) is 0 Å². The number of hydrogen-bond donors (Lipinski definition) is 2. The quantitative estimate of drug-likeness (QED) is 0.590. The van der Waals surface area contributed by atoms with Gasteiger partial charge in [-0.3, -0.25) is 0 Å². The zero-order valence-corrected chi connectivity index (χ0v) is 11.6. The summed E-state index contributed by atoms with van der Waals surface area (Å²) in [7, 11) is 0. The van der Waals surface area contributed by atoms with Crippen LogP contribution in [0.25, 0.3) is 34.1 Å². The summed E-state index contributed by atoms with van der Waals surface area (Å²) >= 11 is 0. The van der Waals surface area contributed by atoms with Gasteiger partial charge in [-0.05, 0) is 13.0 Å². The van der Waals surface area contributed by atoms with Crippen LogP contribution in [0.4, 0.5) is 0 Å². The lowest BCUT2D eigenvalue weighted by Gasteiger charge is -1.89. The minimum absolute atomic E-state index is 0.261. The molecule has 22 heavy (non-hydrogen) atoms. The lowest BCUT2D eigenvalue weighted by atomic mass is 10.1. The Hall–Kier alpha value is -3.40. The van der Waals surface area contributed by atoms with Crippen molar-refractivity contribution < 1.29 is 4.52 Å². The molecule has 0 bridgehead atoms. The molecule has 4 rings (SSSR count). The molecule has 0 amide bonds. The van der Waals surface area contributed by atoms with E-state index in [2.05, 4.69) is 31.2 Å². The van der Waals surface area contributed by atoms with Crippen LogP contribution in [-0.4, -0.2) is 25.1 Å². The van der Waals surface area contributed by atoms with E-state index in [1.807, 2.05) is 31.2 Å². The summed E-state index contributed by atoms with van der Waals surface area (Å²) in [6.45, 7) is 1.89. The number of benzene rings is 1. The maximum absolute atomic E-state index is 9.42. The Morgan fingerprint density at radius 3 is 2.86 bits per heavy atom. The van der Waals surface area contributed by atoms with Gasteiger partial charge in [0.25, 0.3) is 5.89 Å². The SMILES string of the molecule is Cc1cnc(-c2noc(-c3[nH]c4ccccc4c3C#N)n2)[nH]1. The Kier molecular flexibility index (Phi) is 2.56. The maximum atomic E-state index is 9.42. The second-order valence-electron chi connectivity index (χ2n) is 4.87. The number of H-pyrrole nitrogens is 2. The fourth-order valence-electron chi connectivity index (χ4n) is 2.37. The van der Waals surface area contributed by atoms with Crippen molar-refractivity contribution in [1.29, 1.82) is 5.26 Å². The average molecular weight is 290 g/mol. The number of rotatable bonds is 2. The molecule has 2 N–H and O–H groups in total. The van der Waals surface area contributed by atoms with Crippen molar-refractivity contribution in [2.75, 3.05) is 0 Å². The molecule has 0 aliphatic carbocycles. The second kappa shape index (κ2) is 4.56. The van der Waals surface area contributed by atoms with Crippen LogP contribution in [0.2, 0.25) is 0 Å². The summed E-state index contributed by atoms with van der Waals surface area (Å²) in [5.41, 5.74) is 2.76. The summed E-state index contributed by atoms with van der Waals surface area (Å²) in [6, 6.07) is 9.74. The first kappa shape index (κ1) is 12.3. The van der Waals surface area contributed by atoms with Gasteiger partial charge in [0.2, 0.25) is 5.82 Å². The summed E-state index contributed by atoms with van der Waals surface area (Å²) in [5.74, 6) is 1.14. The topological polar surface area (TPSA) is 107 Å². The molecule has 0 unspecified atom stereocenters. The molecule has 0 spiro atoms. The highest BCUT2D eigenvalue weighted by atomic mass is 16.5. The van der Waals surface area contributed by atoms with E-state index in [9.17, 15) is 5.26 Å².